The highest BCUT2D eigenvalue weighted by atomic mass is 35.5. The molecule has 0 unspecified atom stereocenters. The highest BCUT2D eigenvalue weighted by Crippen LogP contribution is 2.42. The molecule has 9 heteroatoms. The fraction of sp³-hybridized carbons (Fsp3) is 0.333. The van der Waals surface area contributed by atoms with Crippen LogP contribution in [0.5, 0.6) is 0 Å². The van der Waals surface area contributed by atoms with E-state index < -0.39 is 13.9 Å². The van der Waals surface area contributed by atoms with Gasteiger partial charge in [-0.25, -0.2) is 12.1 Å². The van der Waals surface area contributed by atoms with E-state index in [1.165, 1.54) is 18.2 Å². The van der Waals surface area contributed by atoms with Gasteiger partial charge in [0.05, 0.1) is 11.4 Å². The van der Waals surface area contributed by atoms with Crippen LogP contribution in [0.15, 0.2) is 42.6 Å². The van der Waals surface area contributed by atoms with Crippen LogP contribution < -0.4 is 3.71 Å². The first kappa shape index (κ1) is 18.4. The predicted molar refractivity (Wildman–Crippen MR) is 88.7 cm³/mol. The Labute approximate surface area is 138 Å². The highest BCUT2D eigenvalue weighted by molar-refractivity contribution is 8.16. The summed E-state index contributed by atoms with van der Waals surface area (Å²) in [6, 6.07) is 8.04. The van der Waals surface area contributed by atoms with E-state index in [4.69, 9.17) is 23.2 Å². The summed E-state index contributed by atoms with van der Waals surface area (Å²) in [5, 5.41) is 0. The second-order valence-corrected chi connectivity index (χ2v) is 9.11. The molecule has 0 amide bonds. The topological polar surface area (TPSA) is 40.6 Å². The number of benzene rings is 1. The molecule has 0 heterocycles. The van der Waals surface area contributed by atoms with Gasteiger partial charge in [-0.1, -0.05) is 47.5 Å². The first-order valence-electron chi connectivity index (χ1n) is 5.79. The lowest BCUT2D eigenvalue weighted by Gasteiger charge is -2.24. The number of para-hydroxylation sites is 1. The van der Waals surface area contributed by atoms with Crippen LogP contribution in [-0.4, -0.2) is 37.1 Å². The molecular weight excluding hydrogens is 358 g/mol. The molecule has 118 valence electrons. The number of alkyl halides is 3. The van der Waals surface area contributed by atoms with E-state index in [0.717, 1.165) is 3.71 Å². The van der Waals surface area contributed by atoms with Crippen LogP contribution in [0.25, 0.3) is 0 Å². The third-order valence-electron chi connectivity index (χ3n) is 2.12. The Morgan fingerprint density at radius 2 is 1.86 bits per heavy atom. The van der Waals surface area contributed by atoms with Gasteiger partial charge in [-0.15, -0.1) is 0 Å². The molecule has 1 aromatic rings. The molecular formula is C12H15Cl2FN2O2S2. The van der Waals surface area contributed by atoms with Gasteiger partial charge in [0.2, 0.25) is 10.0 Å². The summed E-state index contributed by atoms with van der Waals surface area (Å²) in [6.07, 6.45) is 3.05. The van der Waals surface area contributed by atoms with Crippen molar-refractivity contribution >= 4 is 50.9 Å². The lowest BCUT2D eigenvalue weighted by atomic mass is 10.3. The van der Waals surface area contributed by atoms with E-state index in [9.17, 15) is 12.8 Å². The van der Waals surface area contributed by atoms with Gasteiger partial charge in [0.15, 0.2) is 0 Å². The summed E-state index contributed by atoms with van der Waals surface area (Å²) in [5.74, 6) is -0.309. The summed E-state index contributed by atoms with van der Waals surface area (Å²) < 4.78 is 36.2. The smallest absolute Gasteiger partial charge is 0.324 e. The van der Waals surface area contributed by atoms with Crippen LogP contribution in [-0.2, 0) is 10.0 Å². The third kappa shape index (κ3) is 6.78. The summed E-state index contributed by atoms with van der Waals surface area (Å²) in [6.45, 7) is 0. The minimum absolute atomic E-state index is 0.183. The van der Waals surface area contributed by atoms with E-state index in [2.05, 4.69) is 0 Å². The number of rotatable bonds is 7. The van der Waals surface area contributed by atoms with Crippen molar-refractivity contribution in [2.24, 2.45) is 0 Å². The van der Waals surface area contributed by atoms with Gasteiger partial charge in [0, 0.05) is 26.0 Å². The van der Waals surface area contributed by atoms with Gasteiger partial charge in [-0.2, -0.15) is 4.39 Å². The Hall–Kier alpha value is -0.630. The Kier molecular flexibility index (Phi) is 6.65. The van der Waals surface area contributed by atoms with Crippen molar-refractivity contribution in [2.45, 2.75) is 3.92 Å². The SMILES string of the molecule is CN(C)C=CCS(=O)(=O)N(SC(F)(Cl)Cl)c1ccccc1. The number of halogens is 3. The Balaban J connectivity index is 3.06. The van der Waals surface area contributed by atoms with E-state index in [0.29, 0.717) is 0 Å². The third-order valence-corrected chi connectivity index (χ3v) is 5.35. The second kappa shape index (κ2) is 7.58. The predicted octanol–water partition coefficient (Wildman–Crippen LogP) is 3.60. The number of hydrogen-bond acceptors (Lipinski definition) is 4. The summed E-state index contributed by atoms with van der Waals surface area (Å²) in [5.41, 5.74) is 0.268. The quantitative estimate of drug-likeness (QED) is 0.541. The number of nitrogens with zero attached hydrogens (tertiary/aromatic N) is 2. The van der Waals surface area contributed by atoms with Gasteiger partial charge < -0.3 is 4.90 Å². The molecule has 0 saturated heterocycles. The lowest BCUT2D eigenvalue weighted by molar-refractivity contribution is 0.515. The Morgan fingerprint density at radius 3 is 2.33 bits per heavy atom. The van der Waals surface area contributed by atoms with Crippen molar-refractivity contribution in [3.05, 3.63) is 42.6 Å². The largest absolute Gasteiger partial charge is 0.384 e. The molecule has 0 radical (unpaired) electrons. The molecule has 0 saturated carbocycles. The molecule has 1 rings (SSSR count). The summed E-state index contributed by atoms with van der Waals surface area (Å²) >= 11 is 10.8. The zero-order valence-electron chi connectivity index (χ0n) is 11.4. The van der Waals surface area contributed by atoms with Gasteiger partial charge in [-0.05, 0) is 18.3 Å². The van der Waals surface area contributed by atoms with Gasteiger partial charge >= 0.3 is 3.92 Å². The molecule has 0 aliphatic rings. The van der Waals surface area contributed by atoms with Crippen molar-refractivity contribution in [3.8, 4) is 0 Å². The normalized spacial score (nSPS) is 12.6. The van der Waals surface area contributed by atoms with Crippen LogP contribution >= 0.6 is 35.1 Å². The van der Waals surface area contributed by atoms with E-state index in [-0.39, 0.29) is 23.4 Å². The minimum atomic E-state index is -3.83. The van der Waals surface area contributed by atoms with Crippen LogP contribution in [0.1, 0.15) is 0 Å². The van der Waals surface area contributed by atoms with Crippen LogP contribution in [0, 0.1) is 0 Å². The monoisotopic (exact) mass is 372 g/mol. The van der Waals surface area contributed by atoms with Gasteiger partial charge in [-0.3, -0.25) is 0 Å². The molecule has 0 aromatic heterocycles. The average molecular weight is 373 g/mol. The summed E-state index contributed by atoms with van der Waals surface area (Å²) in [7, 11) is -0.309. The average Bonchev–Trinajstić information content (AvgIpc) is 2.35. The second-order valence-electron chi connectivity index (χ2n) is 4.23. The van der Waals surface area contributed by atoms with E-state index in [1.807, 2.05) is 0 Å². The Bertz CT molecular complexity index is 575. The van der Waals surface area contributed by atoms with Crippen molar-refractivity contribution in [1.29, 1.82) is 0 Å². The molecule has 21 heavy (non-hydrogen) atoms. The highest BCUT2D eigenvalue weighted by Gasteiger charge is 2.34. The molecule has 1 aromatic carbocycles. The summed E-state index contributed by atoms with van der Waals surface area (Å²) in [4.78, 5) is 1.69. The fourth-order valence-corrected chi connectivity index (χ4v) is 4.28. The van der Waals surface area contributed by atoms with Crippen LogP contribution in [0.2, 0.25) is 0 Å². The van der Waals surface area contributed by atoms with E-state index >= 15 is 0 Å². The number of sulfonamides is 1. The zero-order chi connectivity index (χ0) is 16.1. The van der Waals surface area contributed by atoms with E-state index in [1.54, 1.807) is 43.4 Å². The molecule has 0 fully saturated rings. The molecule has 0 aliphatic heterocycles. The van der Waals surface area contributed by atoms with Crippen molar-refractivity contribution in [3.63, 3.8) is 0 Å². The van der Waals surface area contributed by atoms with Crippen molar-refractivity contribution < 1.29 is 12.8 Å². The molecule has 0 spiro atoms. The maximum absolute atomic E-state index is 13.5. The van der Waals surface area contributed by atoms with Gasteiger partial charge in [0.25, 0.3) is 0 Å². The first-order valence-corrected chi connectivity index (χ1v) is 8.93. The standard InChI is InChI=1S/C12H15Cl2FN2O2S2/c1-16(2)9-6-10-21(18,19)17(20-12(13,14)15)11-7-4-3-5-8-11/h3-9H,10H2,1-2H3. The first-order chi connectivity index (χ1) is 9.62. The van der Waals surface area contributed by atoms with Crippen molar-refractivity contribution in [1.82, 2.24) is 4.90 Å². The number of hydrogen-bond donors (Lipinski definition) is 0. The van der Waals surface area contributed by atoms with Crippen LogP contribution in [0.3, 0.4) is 0 Å². The Morgan fingerprint density at radius 1 is 1.29 bits per heavy atom. The fourth-order valence-electron chi connectivity index (χ4n) is 1.36. The minimum Gasteiger partial charge on any atom is -0.384 e. The maximum Gasteiger partial charge on any atom is 0.324 e. The molecule has 4 nitrogen and oxygen atoms in total. The van der Waals surface area contributed by atoms with Crippen molar-refractivity contribution in [2.75, 3.05) is 23.6 Å². The lowest BCUT2D eigenvalue weighted by Crippen LogP contribution is -2.29. The molecule has 0 bridgehead atoms. The molecule has 0 atom stereocenters. The van der Waals surface area contributed by atoms with Gasteiger partial charge in [0.1, 0.15) is 0 Å². The molecule has 0 N–H and O–H groups in total. The zero-order valence-corrected chi connectivity index (χ0v) is 14.6. The van der Waals surface area contributed by atoms with Crippen LogP contribution in [0.4, 0.5) is 10.1 Å². The molecule has 0 aliphatic carbocycles. The number of anilines is 1. The maximum atomic E-state index is 13.5.